The first-order valence-electron chi connectivity index (χ1n) is 11.4. The summed E-state index contributed by atoms with van der Waals surface area (Å²) < 4.78 is 36.3. The number of rotatable bonds is 3. The van der Waals surface area contributed by atoms with E-state index in [1.165, 1.54) is 0 Å². The minimum atomic E-state index is -3.79. The van der Waals surface area contributed by atoms with Crippen LogP contribution in [-0.4, -0.2) is 36.9 Å². The lowest BCUT2D eigenvalue weighted by Gasteiger charge is -2.42. The molecule has 5 rings (SSSR count). The van der Waals surface area contributed by atoms with Crippen LogP contribution in [0, 0.1) is 29.6 Å². The Bertz CT molecular complexity index is 969. The molecule has 164 valence electrons. The van der Waals surface area contributed by atoms with Crippen molar-refractivity contribution in [3.63, 3.8) is 0 Å². The standard InChI is InChI=1S/C24H33NO4S/c1-15-8-10-16(11-9-15)30(27,28)25-20-17-12-13-18(23(17,2)3)21(20)29-22(25)24(4)14-6-5-7-19(24)26/h8-11,17-18,20-22H,5-7,12-14H2,1-4H3/t17-,18+,20-,21+,22?,24?/m1/s1. The Morgan fingerprint density at radius 3 is 2.37 bits per heavy atom. The van der Waals surface area contributed by atoms with Gasteiger partial charge >= 0.3 is 0 Å². The molecule has 3 aliphatic carbocycles. The highest BCUT2D eigenvalue weighted by atomic mass is 32.2. The van der Waals surface area contributed by atoms with Gasteiger partial charge in [0.2, 0.25) is 10.0 Å². The summed E-state index contributed by atoms with van der Waals surface area (Å²) in [6.07, 6.45) is 4.32. The summed E-state index contributed by atoms with van der Waals surface area (Å²) in [6, 6.07) is 6.89. The molecule has 1 aliphatic heterocycles. The lowest BCUT2D eigenvalue weighted by atomic mass is 9.73. The molecule has 30 heavy (non-hydrogen) atoms. The fraction of sp³-hybridized carbons (Fsp3) is 0.708. The molecule has 1 aromatic rings. The number of ketones is 1. The summed E-state index contributed by atoms with van der Waals surface area (Å²) in [5.41, 5.74) is 0.305. The van der Waals surface area contributed by atoms with Crippen LogP contribution in [0.1, 0.15) is 64.9 Å². The van der Waals surface area contributed by atoms with Gasteiger partial charge in [-0.15, -0.1) is 0 Å². The number of carbonyl (C=O) groups is 1. The fourth-order valence-corrected chi connectivity index (χ4v) is 8.76. The Morgan fingerprint density at radius 1 is 1.03 bits per heavy atom. The molecule has 1 saturated heterocycles. The number of carbonyl (C=O) groups excluding carboxylic acids is 1. The Labute approximate surface area is 180 Å². The number of hydrogen-bond acceptors (Lipinski definition) is 4. The van der Waals surface area contributed by atoms with Crippen molar-refractivity contribution in [2.45, 2.75) is 89.5 Å². The normalized spacial score (nSPS) is 40.7. The maximum Gasteiger partial charge on any atom is 0.245 e. The smallest absolute Gasteiger partial charge is 0.245 e. The first-order valence-corrected chi connectivity index (χ1v) is 12.8. The van der Waals surface area contributed by atoms with Gasteiger partial charge < -0.3 is 4.74 Å². The minimum absolute atomic E-state index is 0.0544. The Hall–Kier alpha value is -1.24. The first-order chi connectivity index (χ1) is 14.1. The van der Waals surface area contributed by atoms with E-state index in [0.29, 0.717) is 23.7 Å². The summed E-state index contributed by atoms with van der Waals surface area (Å²) >= 11 is 0. The largest absolute Gasteiger partial charge is 0.356 e. The second-order valence-corrected chi connectivity index (χ2v) is 12.6. The van der Waals surface area contributed by atoms with E-state index in [1.807, 2.05) is 26.0 Å². The van der Waals surface area contributed by atoms with Gasteiger partial charge in [-0.1, -0.05) is 38.0 Å². The van der Waals surface area contributed by atoms with Gasteiger partial charge in [0.25, 0.3) is 0 Å². The van der Waals surface area contributed by atoms with Gasteiger partial charge in [0, 0.05) is 6.42 Å². The lowest BCUT2D eigenvalue weighted by Crippen LogP contribution is -2.54. The van der Waals surface area contributed by atoms with E-state index < -0.39 is 21.7 Å². The van der Waals surface area contributed by atoms with Crippen molar-refractivity contribution in [3.8, 4) is 0 Å². The van der Waals surface area contributed by atoms with E-state index in [2.05, 4.69) is 13.8 Å². The van der Waals surface area contributed by atoms with Crippen molar-refractivity contribution in [2.24, 2.45) is 22.7 Å². The molecule has 0 N–H and O–H groups in total. The highest BCUT2D eigenvalue weighted by Gasteiger charge is 2.70. The SMILES string of the molecule is Cc1ccc(S(=O)(=O)N2C(C3(C)CCCCC3=O)O[C@@H]3[C@H]2[C@H]2CC[C@@H]3C2(C)C)cc1. The van der Waals surface area contributed by atoms with Crippen LogP contribution in [0.5, 0.6) is 0 Å². The van der Waals surface area contributed by atoms with Crippen LogP contribution < -0.4 is 0 Å². The number of aryl methyl sites for hydroxylation is 1. The molecule has 6 heteroatoms. The molecule has 0 aromatic heterocycles. The van der Waals surface area contributed by atoms with Crippen LogP contribution in [0.15, 0.2) is 29.2 Å². The number of nitrogens with zero attached hydrogens (tertiary/aromatic N) is 1. The predicted molar refractivity (Wildman–Crippen MR) is 114 cm³/mol. The molecule has 3 saturated carbocycles. The summed E-state index contributed by atoms with van der Waals surface area (Å²) in [5, 5.41) is 0. The van der Waals surface area contributed by atoms with Crippen molar-refractivity contribution in [2.75, 3.05) is 0 Å². The van der Waals surface area contributed by atoms with Crippen LogP contribution in [0.2, 0.25) is 0 Å². The molecule has 0 amide bonds. The predicted octanol–water partition coefficient (Wildman–Crippen LogP) is 4.29. The summed E-state index contributed by atoms with van der Waals surface area (Å²) in [4.78, 5) is 13.4. The van der Waals surface area contributed by atoms with E-state index in [0.717, 1.165) is 31.2 Å². The number of ether oxygens (including phenoxy) is 1. The summed E-state index contributed by atoms with van der Waals surface area (Å²) in [5.74, 6) is 0.755. The van der Waals surface area contributed by atoms with Gasteiger partial charge in [-0.25, -0.2) is 8.42 Å². The molecule has 5 nitrogen and oxygen atoms in total. The number of Topliss-reactive ketones (excluding diaryl/α,β-unsaturated/α-hetero) is 1. The lowest BCUT2D eigenvalue weighted by molar-refractivity contribution is -0.148. The zero-order valence-corrected chi connectivity index (χ0v) is 19.2. The zero-order chi connectivity index (χ0) is 21.5. The summed E-state index contributed by atoms with van der Waals surface area (Å²) in [6.45, 7) is 8.41. The Kier molecular flexibility index (Phi) is 4.56. The zero-order valence-electron chi connectivity index (χ0n) is 18.4. The number of hydrogen-bond donors (Lipinski definition) is 0. The van der Waals surface area contributed by atoms with Gasteiger partial charge in [0.05, 0.1) is 22.5 Å². The molecular formula is C24H33NO4S. The Balaban J connectivity index is 1.63. The maximum atomic E-state index is 14.0. The number of sulfonamides is 1. The van der Waals surface area contributed by atoms with E-state index in [4.69, 9.17) is 4.74 Å². The third kappa shape index (κ3) is 2.66. The molecule has 2 bridgehead atoms. The summed E-state index contributed by atoms with van der Waals surface area (Å²) in [7, 11) is -3.79. The average molecular weight is 432 g/mol. The van der Waals surface area contributed by atoms with Crippen molar-refractivity contribution < 1.29 is 17.9 Å². The van der Waals surface area contributed by atoms with Gasteiger partial charge in [-0.3, -0.25) is 4.79 Å². The highest BCUT2D eigenvalue weighted by Crippen LogP contribution is 2.64. The van der Waals surface area contributed by atoms with E-state index >= 15 is 0 Å². The van der Waals surface area contributed by atoms with E-state index in [9.17, 15) is 13.2 Å². The maximum absolute atomic E-state index is 14.0. The third-order valence-electron chi connectivity index (χ3n) is 8.78. The van der Waals surface area contributed by atoms with Gasteiger partial charge in [0.15, 0.2) is 0 Å². The minimum Gasteiger partial charge on any atom is -0.356 e. The van der Waals surface area contributed by atoms with Gasteiger partial charge in [-0.05, 0) is 68.9 Å². The third-order valence-corrected chi connectivity index (χ3v) is 10.6. The van der Waals surface area contributed by atoms with Crippen LogP contribution in [0.3, 0.4) is 0 Å². The van der Waals surface area contributed by atoms with Crippen molar-refractivity contribution >= 4 is 15.8 Å². The van der Waals surface area contributed by atoms with E-state index in [-0.39, 0.29) is 29.3 Å². The van der Waals surface area contributed by atoms with Gasteiger partial charge in [-0.2, -0.15) is 4.31 Å². The molecule has 1 heterocycles. The molecular weight excluding hydrogens is 398 g/mol. The molecule has 1 aromatic carbocycles. The first kappa shape index (κ1) is 20.7. The molecule has 0 radical (unpaired) electrons. The van der Waals surface area contributed by atoms with Crippen LogP contribution in [0.4, 0.5) is 0 Å². The molecule has 6 atom stereocenters. The Morgan fingerprint density at radius 2 is 1.70 bits per heavy atom. The van der Waals surface area contributed by atoms with E-state index in [1.54, 1.807) is 16.4 Å². The van der Waals surface area contributed by atoms with Crippen LogP contribution in [-0.2, 0) is 19.6 Å². The molecule has 4 aliphatic rings. The average Bonchev–Trinajstić information content (AvgIpc) is 3.29. The molecule has 0 spiro atoms. The highest BCUT2D eigenvalue weighted by molar-refractivity contribution is 7.89. The topological polar surface area (TPSA) is 63.7 Å². The second kappa shape index (κ2) is 6.63. The molecule has 4 fully saturated rings. The van der Waals surface area contributed by atoms with Gasteiger partial charge in [0.1, 0.15) is 12.0 Å². The van der Waals surface area contributed by atoms with Crippen molar-refractivity contribution in [1.82, 2.24) is 4.31 Å². The van der Waals surface area contributed by atoms with Crippen LogP contribution >= 0.6 is 0 Å². The molecule has 2 unspecified atom stereocenters. The quantitative estimate of drug-likeness (QED) is 0.716. The number of fused-ring (bicyclic) bond motifs is 5. The fourth-order valence-electron chi connectivity index (χ4n) is 6.92. The number of benzene rings is 1. The van der Waals surface area contributed by atoms with Crippen molar-refractivity contribution in [1.29, 1.82) is 0 Å². The monoisotopic (exact) mass is 431 g/mol. The van der Waals surface area contributed by atoms with Crippen LogP contribution in [0.25, 0.3) is 0 Å². The van der Waals surface area contributed by atoms with Crippen molar-refractivity contribution in [3.05, 3.63) is 29.8 Å². The second-order valence-electron chi connectivity index (χ2n) is 10.8.